The molecule has 3 N–H and O–H groups in total. The zero-order valence-corrected chi connectivity index (χ0v) is 65.5. The van der Waals surface area contributed by atoms with Crippen LogP contribution in [0, 0.1) is 17.8 Å². The maximum atomic E-state index is 13.1. The molecule has 19 heteroatoms. The van der Waals surface area contributed by atoms with Crippen LogP contribution in [0.15, 0.2) is 24.3 Å². The van der Waals surface area contributed by atoms with E-state index in [-0.39, 0.29) is 25.7 Å². The molecule has 7 atom stereocenters. The van der Waals surface area contributed by atoms with Crippen molar-refractivity contribution in [2.45, 2.75) is 401 Å². The summed E-state index contributed by atoms with van der Waals surface area (Å²) in [7, 11) is -9.93. The third-order valence-electron chi connectivity index (χ3n) is 18.5. The van der Waals surface area contributed by atoms with Crippen LogP contribution in [0.4, 0.5) is 0 Å². The third-order valence-corrected chi connectivity index (χ3v) is 20.4. The largest absolute Gasteiger partial charge is 0.472 e. The van der Waals surface area contributed by atoms with Crippen molar-refractivity contribution in [3.05, 3.63) is 24.3 Å². The van der Waals surface area contributed by atoms with E-state index in [0.29, 0.717) is 25.7 Å². The third kappa shape index (κ3) is 69.3. The molecule has 0 saturated carbocycles. The second-order valence-corrected chi connectivity index (χ2v) is 31.6. The number of allylic oxidation sites excluding steroid dienone is 4. The minimum atomic E-state index is -4.97. The number of carbonyl (C=O) groups is 4. The molecule has 0 aromatic heterocycles. The molecule has 0 heterocycles. The van der Waals surface area contributed by atoms with Gasteiger partial charge in [0.15, 0.2) is 12.2 Å². The first kappa shape index (κ1) is 95.5. The Morgan fingerprint density at radius 3 is 0.908 bits per heavy atom. The first-order valence-electron chi connectivity index (χ1n) is 40.2. The summed E-state index contributed by atoms with van der Waals surface area (Å²) in [6.45, 7) is 11.8. The Labute approximate surface area is 599 Å². The van der Waals surface area contributed by atoms with Crippen LogP contribution in [0.5, 0.6) is 0 Å². The molecule has 0 aromatic rings. The summed E-state index contributed by atoms with van der Waals surface area (Å²) in [6, 6.07) is 0. The summed E-state index contributed by atoms with van der Waals surface area (Å²) in [5, 5.41) is 10.6. The minimum absolute atomic E-state index is 0.0979. The van der Waals surface area contributed by atoms with Gasteiger partial charge in [-0.25, -0.2) is 9.13 Å². The highest BCUT2D eigenvalue weighted by Crippen LogP contribution is 2.45. The standard InChI is InChI=1S/C79H150O17P2/c1-8-11-12-13-14-15-16-17-22-26-29-32-38-46-53-60-76(81)89-66-74(96-79(84)63-56-49-40-35-34-37-44-51-58-71(6)9-2)68-93-97(85,86)91-64-73(80)65-92-98(87,88)94-69-75(67-90-77(82)61-54-47-42-41-45-52-59-72(7)10-3)95-78(83)62-55-48-39-33-30-27-24-21-19-18-20-23-25-28-31-36-43-50-57-70(4)5/h15-17,22,70-75,80H,8-14,18-21,23-69H2,1-7H3,(H,85,86)(H,87,88)/b16-15-,22-17-/t71?,72?,73-,74-,75-/m1/s1. The maximum absolute atomic E-state index is 13.1. The van der Waals surface area contributed by atoms with Crippen molar-refractivity contribution in [2.75, 3.05) is 39.6 Å². The average Bonchev–Trinajstić information content (AvgIpc) is 0.962. The highest BCUT2D eigenvalue weighted by Gasteiger charge is 2.30. The van der Waals surface area contributed by atoms with Gasteiger partial charge in [0.2, 0.25) is 0 Å². The van der Waals surface area contributed by atoms with Gasteiger partial charge in [0.1, 0.15) is 19.3 Å². The Morgan fingerprint density at radius 2 is 0.602 bits per heavy atom. The van der Waals surface area contributed by atoms with Crippen molar-refractivity contribution in [2.24, 2.45) is 17.8 Å². The zero-order chi connectivity index (χ0) is 72.3. The molecular formula is C79H150O17P2. The lowest BCUT2D eigenvalue weighted by molar-refractivity contribution is -0.161. The Hall–Kier alpha value is -2.46. The highest BCUT2D eigenvalue weighted by atomic mass is 31.2. The first-order chi connectivity index (χ1) is 47.3. The molecule has 0 saturated heterocycles. The van der Waals surface area contributed by atoms with Gasteiger partial charge in [0.25, 0.3) is 0 Å². The van der Waals surface area contributed by atoms with Gasteiger partial charge in [0.05, 0.1) is 26.4 Å². The number of phosphoric ester groups is 2. The molecule has 0 amide bonds. The maximum Gasteiger partial charge on any atom is 0.472 e. The van der Waals surface area contributed by atoms with E-state index in [0.717, 1.165) is 133 Å². The smallest absolute Gasteiger partial charge is 0.462 e. The highest BCUT2D eigenvalue weighted by molar-refractivity contribution is 7.47. The second-order valence-electron chi connectivity index (χ2n) is 28.7. The number of hydrogen-bond acceptors (Lipinski definition) is 15. The van der Waals surface area contributed by atoms with Gasteiger partial charge >= 0.3 is 39.5 Å². The van der Waals surface area contributed by atoms with Crippen molar-refractivity contribution in [3.63, 3.8) is 0 Å². The number of aliphatic hydroxyl groups is 1. The summed E-state index contributed by atoms with van der Waals surface area (Å²) >= 11 is 0. The number of esters is 4. The monoisotopic (exact) mass is 1430 g/mol. The fourth-order valence-electron chi connectivity index (χ4n) is 11.5. The van der Waals surface area contributed by atoms with Gasteiger partial charge in [-0.15, -0.1) is 0 Å². The van der Waals surface area contributed by atoms with Crippen molar-refractivity contribution < 1.29 is 80.2 Å². The lowest BCUT2D eigenvalue weighted by Crippen LogP contribution is -2.30. The van der Waals surface area contributed by atoms with E-state index in [1.165, 1.54) is 167 Å². The van der Waals surface area contributed by atoms with Gasteiger partial charge in [-0.2, -0.15) is 0 Å². The second kappa shape index (κ2) is 68.9. The fourth-order valence-corrected chi connectivity index (χ4v) is 13.1. The molecule has 578 valence electrons. The number of phosphoric acid groups is 2. The Balaban J connectivity index is 5.23. The predicted octanol–water partition coefficient (Wildman–Crippen LogP) is 22.9. The number of ether oxygens (including phenoxy) is 4. The van der Waals surface area contributed by atoms with Gasteiger partial charge < -0.3 is 33.8 Å². The normalized spacial score (nSPS) is 14.7. The zero-order valence-electron chi connectivity index (χ0n) is 63.7. The number of rotatable bonds is 75. The molecular weight excluding hydrogens is 1280 g/mol. The molecule has 0 aromatic carbocycles. The topological polar surface area (TPSA) is 237 Å². The molecule has 0 bridgehead atoms. The van der Waals surface area contributed by atoms with Crippen molar-refractivity contribution >= 4 is 39.5 Å². The van der Waals surface area contributed by atoms with E-state index < -0.39 is 97.5 Å². The molecule has 98 heavy (non-hydrogen) atoms. The fraction of sp³-hybridized carbons (Fsp3) is 0.899. The van der Waals surface area contributed by atoms with Crippen LogP contribution in [0.1, 0.15) is 382 Å². The molecule has 0 rings (SSSR count). The minimum Gasteiger partial charge on any atom is -0.462 e. The van der Waals surface area contributed by atoms with E-state index in [9.17, 15) is 43.2 Å². The summed E-state index contributed by atoms with van der Waals surface area (Å²) in [6.07, 6.45) is 59.2. The summed E-state index contributed by atoms with van der Waals surface area (Å²) in [5.74, 6) is 0.167. The molecule has 4 unspecified atom stereocenters. The van der Waals surface area contributed by atoms with E-state index in [4.69, 9.17) is 37.0 Å². The van der Waals surface area contributed by atoms with Crippen LogP contribution in [-0.4, -0.2) is 96.7 Å². The van der Waals surface area contributed by atoms with Gasteiger partial charge in [-0.1, -0.05) is 330 Å². The Morgan fingerprint density at radius 1 is 0.337 bits per heavy atom. The SMILES string of the molecule is CCCCCC/C=C\C=C/CCCCCCCC(=O)OC[C@H](COP(=O)(O)OC[C@@H](O)COP(=O)(O)OC[C@@H](COC(=O)CCCCCCCCC(C)CC)OC(=O)CCCCCCCCCCCCCCCCCCCCC(C)C)OC(=O)CCCCCCCCCCC(C)CC. The number of carbonyl (C=O) groups excluding carboxylic acids is 4. The lowest BCUT2D eigenvalue weighted by Gasteiger charge is -2.21. The summed E-state index contributed by atoms with van der Waals surface area (Å²) in [4.78, 5) is 72.9. The van der Waals surface area contributed by atoms with Crippen LogP contribution >= 0.6 is 15.6 Å². The van der Waals surface area contributed by atoms with Crippen LogP contribution < -0.4 is 0 Å². The molecule has 0 aliphatic carbocycles. The Kier molecular flexibility index (Phi) is 67.2. The van der Waals surface area contributed by atoms with Crippen molar-refractivity contribution in [1.29, 1.82) is 0 Å². The molecule has 0 spiro atoms. The van der Waals surface area contributed by atoms with E-state index in [1.54, 1.807) is 0 Å². The molecule has 0 fully saturated rings. The van der Waals surface area contributed by atoms with E-state index in [2.05, 4.69) is 72.8 Å². The first-order valence-corrected chi connectivity index (χ1v) is 43.2. The molecule has 0 radical (unpaired) electrons. The van der Waals surface area contributed by atoms with Gasteiger partial charge in [-0.05, 0) is 69.1 Å². The van der Waals surface area contributed by atoms with E-state index in [1.807, 2.05) is 0 Å². The van der Waals surface area contributed by atoms with Crippen LogP contribution in [0.2, 0.25) is 0 Å². The molecule has 0 aliphatic rings. The van der Waals surface area contributed by atoms with Gasteiger partial charge in [-0.3, -0.25) is 37.3 Å². The average molecular weight is 1430 g/mol. The quantitative estimate of drug-likeness (QED) is 0.0169. The van der Waals surface area contributed by atoms with Crippen LogP contribution in [-0.2, 0) is 65.4 Å². The summed E-state index contributed by atoms with van der Waals surface area (Å²) < 4.78 is 68.5. The summed E-state index contributed by atoms with van der Waals surface area (Å²) in [5.41, 5.74) is 0. The molecule has 17 nitrogen and oxygen atoms in total. The Bertz CT molecular complexity index is 2000. The van der Waals surface area contributed by atoms with E-state index >= 15 is 0 Å². The van der Waals surface area contributed by atoms with Crippen molar-refractivity contribution in [3.8, 4) is 0 Å². The van der Waals surface area contributed by atoms with Crippen molar-refractivity contribution in [1.82, 2.24) is 0 Å². The lowest BCUT2D eigenvalue weighted by atomic mass is 9.99. The van der Waals surface area contributed by atoms with Gasteiger partial charge in [0, 0.05) is 25.7 Å². The predicted molar refractivity (Wildman–Crippen MR) is 400 cm³/mol. The number of aliphatic hydroxyl groups excluding tert-OH is 1. The number of hydrogen-bond donors (Lipinski definition) is 3. The number of unbranched alkanes of at least 4 members (excludes halogenated alkanes) is 38. The van der Waals surface area contributed by atoms with Crippen LogP contribution in [0.3, 0.4) is 0 Å². The molecule has 0 aliphatic heterocycles. The van der Waals surface area contributed by atoms with Crippen LogP contribution in [0.25, 0.3) is 0 Å².